The van der Waals surface area contributed by atoms with Gasteiger partial charge in [-0.1, -0.05) is 17.7 Å². The Balaban J connectivity index is 1.94. The van der Waals surface area contributed by atoms with E-state index in [-0.39, 0.29) is 5.91 Å². The van der Waals surface area contributed by atoms with Gasteiger partial charge < -0.3 is 10.2 Å². The predicted molar refractivity (Wildman–Crippen MR) is 80.7 cm³/mol. The van der Waals surface area contributed by atoms with E-state index in [2.05, 4.69) is 44.3 Å². The van der Waals surface area contributed by atoms with E-state index >= 15 is 0 Å². The first-order chi connectivity index (χ1) is 9.08. The third kappa shape index (κ3) is 3.74. The minimum atomic E-state index is 0.250. The number of hydrogen-bond acceptors (Lipinski definition) is 3. The van der Waals surface area contributed by atoms with E-state index in [1.54, 1.807) is 11.8 Å². The van der Waals surface area contributed by atoms with Gasteiger partial charge in [-0.3, -0.25) is 4.79 Å². The van der Waals surface area contributed by atoms with Crippen LogP contribution < -0.4 is 5.32 Å². The Labute approximate surface area is 119 Å². The molecule has 19 heavy (non-hydrogen) atoms. The molecule has 1 unspecified atom stereocenters. The number of benzene rings is 1. The minimum Gasteiger partial charge on any atom is -0.337 e. The normalized spacial score (nSPS) is 19.5. The van der Waals surface area contributed by atoms with Gasteiger partial charge in [0.25, 0.3) is 0 Å². The van der Waals surface area contributed by atoms with Crippen LogP contribution in [-0.4, -0.2) is 42.2 Å². The van der Waals surface area contributed by atoms with Gasteiger partial charge in [0.1, 0.15) is 0 Å². The predicted octanol–water partition coefficient (Wildman–Crippen LogP) is 2.22. The first-order valence-corrected chi connectivity index (χ1v) is 7.76. The number of carbonyl (C=O) groups excluding carboxylic acids is 1. The maximum absolute atomic E-state index is 12.3. The van der Waals surface area contributed by atoms with Crippen LogP contribution in [0.25, 0.3) is 0 Å². The van der Waals surface area contributed by atoms with Crippen molar-refractivity contribution in [3.05, 3.63) is 29.3 Å². The molecule has 0 spiro atoms. The number of carbonyl (C=O) groups is 1. The highest BCUT2D eigenvalue weighted by Crippen LogP contribution is 2.24. The van der Waals surface area contributed by atoms with E-state index in [4.69, 9.17) is 0 Å². The molecule has 3 nitrogen and oxygen atoms in total. The lowest BCUT2D eigenvalue weighted by atomic mass is 10.2. The summed E-state index contributed by atoms with van der Waals surface area (Å²) < 4.78 is 0. The molecule has 0 saturated carbocycles. The summed E-state index contributed by atoms with van der Waals surface area (Å²) in [5.41, 5.74) is 2.49. The van der Waals surface area contributed by atoms with Crippen molar-refractivity contribution in [1.82, 2.24) is 10.2 Å². The fraction of sp³-hybridized carbons (Fsp3) is 0.533. The molecule has 1 aliphatic rings. The summed E-state index contributed by atoms with van der Waals surface area (Å²) in [4.78, 5) is 15.5. The molecule has 104 valence electrons. The fourth-order valence-corrected chi connectivity index (χ4v) is 3.31. The SMILES string of the molecule is Cc1ccc(C)c(SCC(=O)N2CCNCC2C)c1. The maximum Gasteiger partial charge on any atom is 0.233 e. The van der Waals surface area contributed by atoms with E-state index in [0.717, 1.165) is 19.6 Å². The van der Waals surface area contributed by atoms with Gasteiger partial charge in [-0.2, -0.15) is 0 Å². The molecule has 1 saturated heterocycles. The second-order valence-electron chi connectivity index (χ2n) is 5.20. The monoisotopic (exact) mass is 278 g/mol. The van der Waals surface area contributed by atoms with Gasteiger partial charge >= 0.3 is 0 Å². The smallest absolute Gasteiger partial charge is 0.233 e. The van der Waals surface area contributed by atoms with Crippen molar-refractivity contribution in [3.63, 3.8) is 0 Å². The Morgan fingerprint density at radius 1 is 1.47 bits per heavy atom. The summed E-state index contributed by atoms with van der Waals surface area (Å²) in [5, 5.41) is 3.31. The van der Waals surface area contributed by atoms with Crippen LogP contribution in [0.4, 0.5) is 0 Å². The summed E-state index contributed by atoms with van der Waals surface area (Å²) >= 11 is 1.65. The quantitative estimate of drug-likeness (QED) is 0.861. The molecule has 2 rings (SSSR count). The molecule has 0 radical (unpaired) electrons. The highest BCUT2D eigenvalue weighted by molar-refractivity contribution is 8.00. The van der Waals surface area contributed by atoms with Gasteiger partial charge in [0.05, 0.1) is 5.75 Å². The summed E-state index contributed by atoms with van der Waals surface area (Å²) in [7, 11) is 0. The molecule has 0 bridgehead atoms. The molecule has 1 aromatic carbocycles. The minimum absolute atomic E-state index is 0.250. The average Bonchev–Trinajstić information content (AvgIpc) is 2.40. The second kappa shape index (κ2) is 6.44. The highest BCUT2D eigenvalue weighted by Gasteiger charge is 2.22. The molecule has 1 amide bonds. The molecule has 1 N–H and O–H groups in total. The summed E-state index contributed by atoms with van der Waals surface area (Å²) in [6.45, 7) is 8.92. The zero-order valence-corrected chi connectivity index (χ0v) is 12.7. The van der Waals surface area contributed by atoms with Crippen LogP contribution in [0.15, 0.2) is 23.1 Å². The van der Waals surface area contributed by atoms with Crippen LogP contribution >= 0.6 is 11.8 Å². The largest absolute Gasteiger partial charge is 0.337 e. The van der Waals surface area contributed by atoms with Gasteiger partial charge in [0.15, 0.2) is 0 Å². The number of thioether (sulfide) groups is 1. The Bertz CT molecular complexity index is 461. The average molecular weight is 278 g/mol. The summed E-state index contributed by atoms with van der Waals surface area (Å²) in [5.74, 6) is 0.786. The number of aryl methyl sites for hydroxylation is 2. The molecule has 1 fully saturated rings. The van der Waals surface area contributed by atoms with E-state index < -0.39 is 0 Å². The standard InChI is InChI=1S/C15H22N2OS/c1-11-4-5-12(2)14(8-11)19-10-15(18)17-7-6-16-9-13(17)3/h4-5,8,13,16H,6-7,9-10H2,1-3H3. The third-order valence-corrected chi connectivity index (χ3v) is 4.66. The second-order valence-corrected chi connectivity index (χ2v) is 6.22. The Hall–Kier alpha value is -1.00. The van der Waals surface area contributed by atoms with Crippen LogP contribution in [0.1, 0.15) is 18.1 Å². The molecular weight excluding hydrogens is 256 g/mol. The highest BCUT2D eigenvalue weighted by atomic mass is 32.2. The zero-order valence-electron chi connectivity index (χ0n) is 11.9. The van der Waals surface area contributed by atoms with Crippen molar-refractivity contribution in [3.8, 4) is 0 Å². The number of nitrogens with one attached hydrogen (secondary N) is 1. The number of hydrogen-bond donors (Lipinski definition) is 1. The summed E-state index contributed by atoms with van der Waals surface area (Å²) in [6.07, 6.45) is 0. The maximum atomic E-state index is 12.3. The van der Waals surface area contributed by atoms with Crippen molar-refractivity contribution in [1.29, 1.82) is 0 Å². The molecule has 0 aromatic heterocycles. The van der Waals surface area contributed by atoms with Crippen molar-refractivity contribution in [2.45, 2.75) is 31.7 Å². The van der Waals surface area contributed by atoms with Gasteiger partial charge in [0.2, 0.25) is 5.91 Å². The van der Waals surface area contributed by atoms with Crippen molar-refractivity contribution in [2.24, 2.45) is 0 Å². The summed E-state index contributed by atoms with van der Waals surface area (Å²) in [6, 6.07) is 6.70. The lowest BCUT2D eigenvalue weighted by Crippen LogP contribution is -2.52. The lowest BCUT2D eigenvalue weighted by Gasteiger charge is -2.34. The van der Waals surface area contributed by atoms with Crippen LogP contribution in [0.3, 0.4) is 0 Å². The van der Waals surface area contributed by atoms with Crippen molar-refractivity contribution >= 4 is 17.7 Å². The number of amides is 1. The lowest BCUT2D eigenvalue weighted by molar-refractivity contribution is -0.131. The van der Waals surface area contributed by atoms with Crippen LogP contribution in [0.2, 0.25) is 0 Å². The van der Waals surface area contributed by atoms with E-state index in [9.17, 15) is 4.79 Å². The molecule has 4 heteroatoms. The first kappa shape index (κ1) is 14.4. The Morgan fingerprint density at radius 2 is 2.26 bits per heavy atom. The molecule has 1 aliphatic heterocycles. The van der Waals surface area contributed by atoms with Crippen LogP contribution in [0.5, 0.6) is 0 Å². The third-order valence-electron chi connectivity index (χ3n) is 3.52. The first-order valence-electron chi connectivity index (χ1n) is 6.78. The molecular formula is C15H22N2OS. The van der Waals surface area contributed by atoms with Gasteiger partial charge in [-0.05, 0) is 32.4 Å². The molecule has 0 aliphatic carbocycles. The number of nitrogens with zero attached hydrogens (tertiary/aromatic N) is 1. The van der Waals surface area contributed by atoms with Crippen LogP contribution in [-0.2, 0) is 4.79 Å². The van der Waals surface area contributed by atoms with Gasteiger partial charge in [-0.15, -0.1) is 11.8 Å². The van der Waals surface area contributed by atoms with Crippen molar-refractivity contribution in [2.75, 3.05) is 25.4 Å². The number of rotatable bonds is 3. The topological polar surface area (TPSA) is 32.3 Å². The molecule has 1 atom stereocenters. The van der Waals surface area contributed by atoms with E-state index in [1.807, 2.05) is 4.90 Å². The fourth-order valence-electron chi connectivity index (χ4n) is 2.30. The Kier molecular flexibility index (Phi) is 4.88. The molecule has 1 aromatic rings. The number of piperazine rings is 1. The van der Waals surface area contributed by atoms with Crippen molar-refractivity contribution < 1.29 is 4.79 Å². The zero-order chi connectivity index (χ0) is 13.8. The van der Waals surface area contributed by atoms with Gasteiger partial charge in [0, 0.05) is 30.6 Å². The van der Waals surface area contributed by atoms with E-state index in [1.165, 1.54) is 16.0 Å². The van der Waals surface area contributed by atoms with Crippen LogP contribution in [0, 0.1) is 13.8 Å². The Morgan fingerprint density at radius 3 is 3.00 bits per heavy atom. The van der Waals surface area contributed by atoms with E-state index in [0.29, 0.717) is 11.8 Å². The molecule has 1 heterocycles. The van der Waals surface area contributed by atoms with Gasteiger partial charge in [-0.25, -0.2) is 0 Å².